The van der Waals surface area contributed by atoms with Crippen LogP contribution >= 0.6 is 0 Å². The summed E-state index contributed by atoms with van der Waals surface area (Å²) in [5.74, 6) is 0.866. The Morgan fingerprint density at radius 1 is 1.00 bits per heavy atom. The summed E-state index contributed by atoms with van der Waals surface area (Å²) in [5.41, 5.74) is 2.33. The third-order valence-electron chi connectivity index (χ3n) is 6.26. The van der Waals surface area contributed by atoms with Gasteiger partial charge in [-0.2, -0.15) is 4.31 Å². The molecule has 1 atom stereocenters. The largest absolute Gasteiger partial charge is 0.497 e. The van der Waals surface area contributed by atoms with Gasteiger partial charge < -0.3 is 9.47 Å². The third kappa shape index (κ3) is 5.29. The molecule has 0 aliphatic carbocycles. The lowest BCUT2D eigenvalue weighted by atomic mass is 10.00. The number of methoxy groups -OCH3 is 1. The lowest BCUT2D eigenvalue weighted by Crippen LogP contribution is -2.40. The minimum atomic E-state index is -3.49. The van der Waals surface area contributed by atoms with Crippen molar-refractivity contribution in [3.8, 4) is 5.75 Å². The second kappa shape index (κ2) is 10.1. The van der Waals surface area contributed by atoms with Gasteiger partial charge in [-0.25, -0.2) is 8.42 Å². The highest BCUT2D eigenvalue weighted by Crippen LogP contribution is 2.32. The molecule has 0 N–H and O–H groups in total. The summed E-state index contributed by atoms with van der Waals surface area (Å²) < 4.78 is 38.3. The molecule has 0 bridgehead atoms. The maximum atomic E-state index is 13.1. The highest BCUT2D eigenvalue weighted by atomic mass is 32.2. The monoisotopic (exact) mass is 444 g/mol. The first-order valence-electron chi connectivity index (χ1n) is 11.1. The Balaban J connectivity index is 1.55. The second-order valence-electron chi connectivity index (χ2n) is 8.27. The summed E-state index contributed by atoms with van der Waals surface area (Å²) in [6.07, 6.45) is 4.71. The topological polar surface area (TPSA) is 59.1 Å². The number of hydrogen-bond donors (Lipinski definition) is 0. The summed E-state index contributed by atoms with van der Waals surface area (Å²) in [4.78, 5) is 2.87. The quantitative estimate of drug-likeness (QED) is 0.678. The number of morpholine rings is 1. The van der Waals surface area contributed by atoms with Gasteiger partial charge in [0.25, 0.3) is 0 Å². The molecule has 0 aromatic heterocycles. The molecule has 2 aliphatic rings. The molecule has 168 valence electrons. The Labute approximate surface area is 185 Å². The lowest BCUT2D eigenvalue weighted by molar-refractivity contribution is 0.0730. The normalized spacial score (nSPS) is 21.5. The standard InChI is InChI=1S/C24H32N2O4S/c1-29-22-11-9-21(10-12-22)24-8-3-2-4-13-25(24)19-20-6-5-7-23(18-20)31(27,28)26-14-16-30-17-15-26/h5-7,9-12,18,24H,2-4,8,13-17,19H2,1H3. The average molecular weight is 445 g/mol. The molecule has 0 saturated carbocycles. The summed E-state index contributed by atoms with van der Waals surface area (Å²) in [6.45, 7) is 3.49. The zero-order valence-electron chi connectivity index (χ0n) is 18.2. The fourth-order valence-corrected chi connectivity index (χ4v) is 6.01. The van der Waals surface area contributed by atoms with Crippen LogP contribution in [0.2, 0.25) is 0 Å². The van der Waals surface area contributed by atoms with Gasteiger partial charge in [0, 0.05) is 25.7 Å². The van der Waals surface area contributed by atoms with Crippen LogP contribution in [-0.2, 0) is 21.3 Å². The van der Waals surface area contributed by atoms with Crippen molar-refractivity contribution in [2.24, 2.45) is 0 Å². The van der Waals surface area contributed by atoms with Crippen molar-refractivity contribution in [1.29, 1.82) is 0 Å². The van der Waals surface area contributed by atoms with Gasteiger partial charge in [-0.1, -0.05) is 37.1 Å². The number of hydrogen-bond acceptors (Lipinski definition) is 5. The second-order valence-corrected chi connectivity index (χ2v) is 10.2. The van der Waals surface area contributed by atoms with E-state index < -0.39 is 10.0 Å². The zero-order chi connectivity index (χ0) is 21.7. The van der Waals surface area contributed by atoms with Crippen LogP contribution in [-0.4, -0.2) is 57.6 Å². The van der Waals surface area contributed by atoms with Gasteiger partial charge in [-0.05, 0) is 54.8 Å². The van der Waals surface area contributed by atoms with Crippen LogP contribution in [0, 0.1) is 0 Å². The van der Waals surface area contributed by atoms with Gasteiger partial charge in [-0.15, -0.1) is 0 Å². The molecular weight excluding hydrogens is 412 g/mol. The number of likely N-dealkylation sites (tertiary alicyclic amines) is 1. The minimum absolute atomic E-state index is 0.327. The molecule has 0 spiro atoms. The minimum Gasteiger partial charge on any atom is -0.497 e. The molecule has 0 radical (unpaired) electrons. The number of ether oxygens (including phenoxy) is 2. The van der Waals surface area contributed by atoms with Crippen molar-refractivity contribution in [3.05, 3.63) is 59.7 Å². The van der Waals surface area contributed by atoms with E-state index in [0.717, 1.165) is 30.8 Å². The number of rotatable bonds is 6. The Morgan fingerprint density at radius 2 is 1.77 bits per heavy atom. The highest BCUT2D eigenvalue weighted by molar-refractivity contribution is 7.89. The Bertz CT molecular complexity index is 956. The van der Waals surface area contributed by atoms with Crippen LogP contribution in [0.3, 0.4) is 0 Å². The summed E-state index contributed by atoms with van der Waals surface area (Å²) >= 11 is 0. The molecular formula is C24H32N2O4S. The van der Waals surface area contributed by atoms with E-state index >= 15 is 0 Å². The van der Waals surface area contributed by atoms with Crippen LogP contribution in [0.5, 0.6) is 5.75 Å². The SMILES string of the molecule is COc1ccc(C2CCCCCN2Cc2cccc(S(=O)(=O)N3CCOCC3)c2)cc1. The molecule has 4 rings (SSSR count). The van der Waals surface area contributed by atoms with E-state index in [2.05, 4.69) is 17.0 Å². The first kappa shape index (κ1) is 22.3. The predicted molar refractivity (Wildman–Crippen MR) is 121 cm³/mol. The van der Waals surface area contributed by atoms with Crippen molar-refractivity contribution in [2.45, 2.75) is 43.2 Å². The van der Waals surface area contributed by atoms with Gasteiger partial charge in [0.2, 0.25) is 10.0 Å². The van der Waals surface area contributed by atoms with Crippen molar-refractivity contribution in [2.75, 3.05) is 40.0 Å². The van der Waals surface area contributed by atoms with Crippen molar-refractivity contribution >= 4 is 10.0 Å². The van der Waals surface area contributed by atoms with Gasteiger partial charge >= 0.3 is 0 Å². The molecule has 1 unspecified atom stereocenters. The Kier molecular flexibility index (Phi) is 7.27. The van der Waals surface area contributed by atoms with E-state index in [-0.39, 0.29) is 0 Å². The van der Waals surface area contributed by atoms with E-state index in [4.69, 9.17) is 9.47 Å². The predicted octanol–water partition coefficient (Wildman–Crippen LogP) is 3.83. The molecule has 2 aliphatic heterocycles. The molecule has 2 aromatic carbocycles. The average Bonchev–Trinajstić information content (AvgIpc) is 3.05. The summed E-state index contributed by atoms with van der Waals surface area (Å²) in [5, 5.41) is 0. The smallest absolute Gasteiger partial charge is 0.243 e. The molecule has 0 amide bonds. The molecule has 2 heterocycles. The molecule has 6 nitrogen and oxygen atoms in total. The van der Waals surface area contributed by atoms with Crippen molar-refractivity contribution in [3.63, 3.8) is 0 Å². The zero-order valence-corrected chi connectivity index (χ0v) is 19.0. The van der Waals surface area contributed by atoms with Crippen LogP contribution in [0.15, 0.2) is 53.4 Å². The summed E-state index contributed by atoms with van der Waals surface area (Å²) in [7, 11) is -1.80. The van der Waals surface area contributed by atoms with Gasteiger partial charge in [-0.3, -0.25) is 4.90 Å². The molecule has 2 aromatic rings. The number of sulfonamides is 1. The molecule has 7 heteroatoms. The van der Waals surface area contributed by atoms with Crippen molar-refractivity contribution in [1.82, 2.24) is 9.21 Å². The third-order valence-corrected chi connectivity index (χ3v) is 8.15. The maximum Gasteiger partial charge on any atom is 0.243 e. The van der Waals surface area contributed by atoms with E-state index in [0.29, 0.717) is 37.2 Å². The fraction of sp³-hybridized carbons (Fsp3) is 0.500. The van der Waals surface area contributed by atoms with E-state index in [1.165, 1.54) is 29.1 Å². The Hall–Kier alpha value is -1.93. The van der Waals surface area contributed by atoms with Gasteiger partial charge in [0.1, 0.15) is 5.75 Å². The van der Waals surface area contributed by atoms with E-state index in [1.807, 2.05) is 30.3 Å². The van der Waals surface area contributed by atoms with Crippen LogP contribution in [0.1, 0.15) is 42.9 Å². The molecule has 2 fully saturated rings. The lowest BCUT2D eigenvalue weighted by Gasteiger charge is -2.31. The number of nitrogens with zero attached hydrogens (tertiary/aromatic N) is 2. The van der Waals surface area contributed by atoms with Crippen LogP contribution < -0.4 is 4.74 Å². The first-order chi connectivity index (χ1) is 15.1. The first-order valence-corrected chi connectivity index (χ1v) is 12.6. The highest BCUT2D eigenvalue weighted by Gasteiger charge is 2.27. The van der Waals surface area contributed by atoms with Gasteiger partial charge in [0.05, 0.1) is 25.2 Å². The van der Waals surface area contributed by atoms with E-state index in [9.17, 15) is 8.42 Å². The van der Waals surface area contributed by atoms with E-state index in [1.54, 1.807) is 13.2 Å². The maximum absolute atomic E-state index is 13.1. The molecule has 31 heavy (non-hydrogen) atoms. The number of benzene rings is 2. The van der Waals surface area contributed by atoms with Gasteiger partial charge in [0.15, 0.2) is 0 Å². The van der Waals surface area contributed by atoms with Crippen molar-refractivity contribution < 1.29 is 17.9 Å². The summed E-state index contributed by atoms with van der Waals surface area (Å²) in [6, 6.07) is 16.1. The van der Waals surface area contributed by atoms with Crippen LogP contribution in [0.25, 0.3) is 0 Å². The van der Waals surface area contributed by atoms with Crippen LogP contribution in [0.4, 0.5) is 0 Å². The molecule has 2 saturated heterocycles. The Morgan fingerprint density at radius 3 is 2.52 bits per heavy atom. The fourth-order valence-electron chi connectivity index (χ4n) is 4.54.